The molecule has 2 aromatic heterocycles. The summed E-state index contributed by atoms with van der Waals surface area (Å²) in [4.78, 5) is 29.3. The molecule has 10 heteroatoms. The molecule has 0 spiro atoms. The Balaban J connectivity index is 1.30. The van der Waals surface area contributed by atoms with Gasteiger partial charge in [0.05, 0.1) is 11.4 Å². The predicted octanol–water partition coefficient (Wildman–Crippen LogP) is 3.21. The zero-order valence-corrected chi connectivity index (χ0v) is 19.6. The number of ether oxygens (including phenoxy) is 2. The molecule has 1 unspecified atom stereocenters. The molecule has 5 rings (SSSR count). The largest absolute Gasteiger partial charge is 0.485 e. The number of hydrogen-bond acceptors (Lipinski definition) is 8. The van der Waals surface area contributed by atoms with Gasteiger partial charge in [-0.2, -0.15) is 0 Å². The van der Waals surface area contributed by atoms with Gasteiger partial charge in [-0.1, -0.05) is 42.1 Å². The van der Waals surface area contributed by atoms with E-state index in [-0.39, 0.29) is 12.4 Å². The molecule has 2 aromatic carbocycles. The SMILES string of the molecule is Cc1ccccc1-n1c(SCC(=O)NC(=O)C2COc3ccccc3O2)nnc1-c1cccnc1. The van der Waals surface area contributed by atoms with Crippen molar-refractivity contribution in [2.45, 2.75) is 18.2 Å². The smallest absolute Gasteiger partial charge is 0.271 e. The second kappa shape index (κ2) is 9.98. The Morgan fingerprint density at radius 3 is 2.66 bits per heavy atom. The van der Waals surface area contributed by atoms with Gasteiger partial charge in [-0.05, 0) is 42.8 Å². The summed E-state index contributed by atoms with van der Waals surface area (Å²) in [5.74, 6) is 0.588. The zero-order valence-electron chi connectivity index (χ0n) is 18.7. The van der Waals surface area contributed by atoms with Crippen LogP contribution in [0.2, 0.25) is 0 Å². The van der Waals surface area contributed by atoms with Gasteiger partial charge in [-0.25, -0.2) is 0 Å². The van der Waals surface area contributed by atoms with Crippen LogP contribution in [0.15, 0.2) is 78.2 Å². The summed E-state index contributed by atoms with van der Waals surface area (Å²) in [5, 5.41) is 11.6. The number of thioether (sulfide) groups is 1. The lowest BCUT2D eigenvalue weighted by molar-refractivity contribution is -0.135. The fraction of sp³-hybridized carbons (Fsp3) is 0.160. The molecule has 0 bridgehead atoms. The van der Waals surface area contributed by atoms with Crippen molar-refractivity contribution in [1.82, 2.24) is 25.1 Å². The zero-order chi connectivity index (χ0) is 24.2. The van der Waals surface area contributed by atoms with E-state index in [1.165, 1.54) is 11.8 Å². The topological polar surface area (TPSA) is 108 Å². The Kier molecular flexibility index (Phi) is 6.44. The highest BCUT2D eigenvalue weighted by Crippen LogP contribution is 2.31. The molecule has 0 saturated carbocycles. The van der Waals surface area contributed by atoms with Crippen molar-refractivity contribution < 1.29 is 19.1 Å². The van der Waals surface area contributed by atoms with Gasteiger partial charge in [-0.3, -0.25) is 24.5 Å². The molecule has 3 heterocycles. The number of imide groups is 1. The first-order valence-electron chi connectivity index (χ1n) is 10.9. The Bertz CT molecular complexity index is 1380. The van der Waals surface area contributed by atoms with E-state index in [4.69, 9.17) is 9.47 Å². The number of nitrogens with one attached hydrogen (secondary N) is 1. The van der Waals surface area contributed by atoms with Gasteiger partial charge >= 0.3 is 0 Å². The van der Waals surface area contributed by atoms with Crippen LogP contribution in [0.3, 0.4) is 0 Å². The Morgan fingerprint density at radius 1 is 1.06 bits per heavy atom. The van der Waals surface area contributed by atoms with Crippen LogP contribution in [0.25, 0.3) is 17.1 Å². The normalized spacial score (nSPS) is 14.4. The van der Waals surface area contributed by atoms with Crippen LogP contribution in [0.4, 0.5) is 0 Å². The molecular weight excluding hydrogens is 466 g/mol. The Labute approximate surface area is 205 Å². The number of carbonyl (C=O) groups excluding carboxylic acids is 2. The standard InChI is InChI=1S/C25H21N5O4S/c1-16-7-2-3-9-18(16)30-23(17-8-6-12-26-13-17)28-29-25(30)35-15-22(31)27-24(32)21-14-33-19-10-4-5-11-20(19)34-21/h2-13,21H,14-15H2,1H3,(H,27,31,32). The molecule has 0 aliphatic carbocycles. The lowest BCUT2D eigenvalue weighted by Gasteiger charge is -2.25. The number of aryl methyl sites for hydroxylation is 1. The summed E-state index contributed by atoms with van der Waals surface area (Å²) in [6, 6.07) is 18.6. The van der Waals surface area contributed by atoms with Gasteiger partial charge in [0.25, 0.3) is 5.91 Å². The molecule has 1 atom stereocenters. The van der Waals surface area contributed by atoms with Crippen LogP contribution in [0.1, 0.15) is 5.56 Å². The number of fused-ring (bicyclic) bond motifs is 1. The van der Waals surface area contributed by atoms with E-state index in [0.717, 1.165) is 16.8 Å². The van der Waals surface area contributed by atoms with Crippen molar-refractivity contribution in [3.8, 4) is 28.6 Å². The van der Waals surface area contributed by atoms with Gasteiger partial charge in [0.15, 0.2) is 22.5 Å². The number of aromatic nitrogens is 4. The summed E-state index contributed by atoms with van der Waals surface area (Å²) in [6.45, 7) is 2.02. The van der Waals surface area contributed by atoms with E-state index in [2.05, 4.69) is 20.5 Å². The molecular formula is C25H21N5O4S. The predicted molar refractivity (Wildman–Crippen MR) is 130 cm³/mol. The first-order chi connectivity index (χ1) is 17.1. The lowest BCUT2D eigenvalue weighted by atomic mass is 10.2. The van der Waals surface area contributed by atoms with Crippen LogP contribution in [0.5, 0.6) is 11.5 Å². The highest BCUT2D eigenvalue weighted by Gasteiger charge is 2.28. The molecule has 2 amide bonds. The van der Waals surface area contributed by atoms with Gasteiger partial charge in [0, 0.05) is 18.0 Å². The number of hydrogen-bond donors (Lipinski definition) is 1. The number of benzene rings is 2. The molecule has 1 aliphatic rings. The molecule has 1 aliphatic heterocycles. The van der Waals surface area contributed by atoms with E-state index in [1.807, 2.05) is 54.0 Å². The third-order valence-corrected chi connectivity index (χ3v) is 6.23. The second-order valence-electron chi connectivity index (χ2n) is 7.74. The van der Waals surface area contributed by atoms with E-state index in [9.17, 15) is 9.59 Å². The minimum absolute atomic E-state index is 0.0271. The van der Waals surface area contributed by atoms with E-state index >= 15 is 0 Å². The van der Waals surface area contributed by atoms with Gasteiger partial charge in [-0.15, -0.1) is 10.2 Å². The maximum atomic E-state index is 12.6. The third-order valence-electron chi connectivity index (χ3n) is 5.31. The van der Waals surface area contributed by atoms with Gasteiger partial charge < -0.3 is 9.47 Å². The quantitative estimate of drug-likeness (QED) is 0.413. The van der Waals surface area contributed by atoms with Crippen molar-refractivity contribution in [2.75, 3.05) is 12.4 Å². The number of amides is 2. The van der Waals surface area contributed by atoms with Crippen molar-refractivity contribution >= 4 is 23.6 Å². The minimum Gasteiger partial charge on any atom is -0.485 e. The third kappa shape index (κ3) is 4.87. The van der Waals surface area contributed by atoms with Gasteiger partial charge in [0.1, 0.15) is 6.61 Å². The molecule has 1 N–H and O–H groups in total. The van der Waals surface area contributed by atoms with Crippen LogP contribution in [-0.4, -0.2) is 50.0 Å². The van der Waals surface area contributed by atoms with Crippen molar-refractivity contribution in [3.05, 3.63) is 78.6 Å². The average molecular weight is 488 g/mol. The molecule has 35 heavy (non-hydrogen) atoms. The molecule has 176 valence electrons. The molecule has 4 aromatic rings. The summed E-state index contributed by atoms with van der Waals surface area (Å²) < 4.78 is 13.1. The second-order valence-corrected chi connectivity index (χ2v) is 8.68. The fourth-order valence-electron chi connectivity index (χ4n) is 3.61. The van der Waals surface area contributed by atoms with Crippen LogP contribution in [-0.2, 0) is 9.59 Å². The molecule has 0 radical (unpaired) electrons. The van der Waals surface area contributed by atoms with E-state index < -0.39 is 17.9 Å². The van der Waals surface area contributed by atoms with Gasteiger partial charge in [0.2, 0.25) is 12.0 Å². The minimum atomic E-state index is -0.911. The number of rotatable bonds is 6. The lowest BCUT2D eigenvalue weighted by Crippen LogP contribution is -2.46. The first-order valence-corrected chi connectivity index (χ1v) is 11.9. The molecule has 0 saturated heterocycles. The van der Waals surface area contributed by atoms with Crippen LogP contribution >= 0.6 is 11.8 Å². The van der Waals surface area contributed by atoms with Crippen LogP contribution in [0, 0.1) is 6.92 Å². The Hall–Kier alpha value is -4.18. The first kappa shape index (κ1) is 22.6. The molecule has 9 nitrogen and oxygen atoms in total. The average Bonchev–Trinajstić information content (AvgIpc) is 3.31. The highest BCUT2D eigenvalue weighted by atomic mass is 32.2. The maximum Gasteiger partial charge on any atom is 0.271 e. The summed E-state index contributed by atoms with van der Waals surface area (Å²) in [7, 11) is 0. The highest BCUT2D eigenvalue weighted by molar-refractivity contribution is 7.99. The van der Waals surface area contributed by atoms with Crippen molar-refractivity contribution in [1.29, 1.82) is 0 Å². The Morgan fingerprint density at radius 2 is 1.86 bits per heavy atom. The molecule has 0 fully saturated rings. The van der Waals surface area contributed by atoms with Crippen molar-refractivity contribution in [3.63, 3.8) is 0 Å². The monoisotopic (exact) mass is 487 g/mol. The maximum absolute atomic E-state index is 12.6. The van der Waals surface area contributed by atoms with Crippen LogP contribution < -0.4 is 14.8 Å². The van der Waals surface area contributed by atoms with E-state index in [0.29, 0.717) is 22.5 Å². The summed E-state index contributed by atoms with van der Waals surface area (Å²) in [5.41, 5.74) is 2.71. The number of pyridine rings is 1. The number of nitrogens with zero attached hydrogens (tertiary/aromatic N) is 4. The number of para-hydroxylation sites is 3. The van der Waals surface area contributed by atoms with Crippen molar-refractivity contribution in [2.24, 2.45) is 0 Å². The summed E-state index contributed by atoms with van der Waals surface area (Å²) in [6.07, 6.45) is 2.49. The number of carbonyl (C=O) groups is 2. The summed E-state index contributed by atoms with van der Waals surface area (Å²) >= 11 is 1.18. The fourth-order valence-corrected chi connectivity index (χ4v) is 4.35. The van der Waals surface area contributed by atoms with E-state index in [1.54, 1.807) is 30.6 Å².